The van der Waals surface area contributed by atoms with Gasteiger partial charge in [-0.2, -0.15) is 9.97 Å². The highest BCUT2D eigenvalue weighted by atomic mass is 35.5. The van der Waals surface area contributed by atoms with E-state index in [9.17, 15) is 9.18 Å². The molecule has 0 aliphatic carbocycles. The number of piperazine rings is 1. The Morgan fingerprint density at radius 3 is 2.70 bits per heavy atom. The number of rotatable bonds is 7. The molecule has 1 amide bonds. The van der Waals surface area contributed by atoms with Gasteiger partial charge in [0, 0.05) is 41.5 Å². The number of likely N-dealkylation sites (tertiary alicyclic amines) is 1. The van der Waals surface area contributed by atoms with Gasteiger partial charge in [-0.25, -0.2) is 11.0 Å². The standard InChI is InChI=1S/C33H32ClFN6O2/c1-21(35)32(42)41-16-15-40(19-25(41)18-36-2)31-27-13-12-23(26-10-4-7-22-8-5-11-28(34)30(22)26)17-29(27)37-33(38-31)43-20-24-9-6-14-39(24)3/h4-5,7-8,10-13,17,24-25H,1,6,9,14-16,18-20H2,3H3/t24-,25-/m0/s1. The number of hydrogen-bond acceptors (Lipinski definition) is 6. The molecule has 1 aromatic heterocycles. The molecule has 0 unspecified atom stereocenters. The number of anilines is 1. The van der Waals surface area contributed by atoms with Gasteiger partial charge in [0.15, 0.2) is 5.83 Å². The Kier molecular flexibility index (Phi) is 8.15. The molecule has 0 bridgehead atoms. The zero-order valence-corrected chi connectivity index (χ0v) is 24.7. The number of carbonyl (C=O) groups excluding carboxylic acids is 1. The number of halogens is 2. The molecule has 2 atom stereocenters. The number of ether oxygens (including phenoxy) is 1. The highest BCUT2D eigenvalue weighted by Gasteiger charge is 2.35. The maximum atomic E-state index is 13.8. The summed E-state index contributed by atoms with van der Waals surface area (Å²) < 4.78 is 20.0. The summed E-state index contributed by atoms with van der Waals surface area (Å²) >= 11 is 6.66. The van der Waals surface area contributed by atoms with Crippen LogP contribution in [0.5, 0.6) is 6.01 Å². The average molecular weight is 599 g/mol. The molecule has 4 aromatic rings. The summed E-state index contributed by atoms with van der Waals surface area (Å²) in [6.45, 7) is 13.1. The van der Waals surface area contributed by atoms with Gasteiger partial charge in [-0.15, -0.1) is 0 Å². The monoisotopic (exact) mass is 598 g/mol. The highest BCUT2D eigenvalue weighted by Crippen LogP contribution is 2.37. The van der Waals surface area contributed by atoms with Crippen LogP contribution in [0.15, 0.2) is 67.0 Å². The van der Waals surface area contributed by atoms with E-state index in [1.165, 1.54) is 4.90 Å². The second-order valence-corrected chi connectivity index (χ2v) is 11.5. The maximum absolute atomic E-state index is 13.8. The lowest BCUT2D eigenvalue weighted by molar-refractivity contribution is -0.131. The molecular formula is C33H32ClFN6O2. The third-order valence-corrected chi connectivity index (χ3v) is 8.79. The number of aromatic nitrogens is 2. The van der Waals surface area contributed by atoms with Crippen molar-refractivity contribution in [2.24, 2.45) is 0 Å². The van der Waals surface area contributed by atoms with E-state index in [4.69, 9.17) is 32.9 Å². The minimum atomic E-state index is -1.02. The van der Waals surface area contributed by atoms with E-state index >= 15 is 0 Å². The quantitative estimate of drug-likeness (QED) is 0.192. The maximum Gasteiger partial charge on any atom is 0.319 e. The second kappa shape index (κ2) is 12.2. The first kappa shape index (κ1) is 28.8. The molecule has 3 aromatic carbocycles. The van der Waals surface area contributed by atoms with Gasteiger partial charge in [0.1, 0.15) is 18.5 Å². The number of amides is 1. The lowest BCUT2D eigenvalue weighted by Gasteiger charge is -2.39. The number of hydrogen-bond donors (Lipinski definition) is 0. The number of likely N-dealkylation sites (N-methyl/N-ethyl adjacent to an activating group) is 1. The molecular weight excluding hydrogens is 567 g/mol. The van der Waals surface area contributed by atoms with Gasteiger partial charge in [0.25, 0.3) is 5.91 Å². The van der Waals surface area contributed by atoms with E-state index in [-0.39, 0.29) is 19.1 Å². The van der Waals surface area contributed by atoms with E-state index < -0.39 is 17.8 Å². The van der Waals surface area contributed by atoms with Crippen LogP contribution in [0.2, 0.25) is 5.02 Å². The number of benzene rings is 3. The van der Waals surface area contributed by atoms with E-state index in [2.05, 4.69) is 29.4 Å². The highest BCUT2D eigenvalue weighted by molar-refractivity contribution is 6.36. The van der Waals surface area contributed by atoms with Gasteiger partial charge in [-0.05, 0) is 61.1 Å². The fraction of sp³-hybridized carbons (Fsp3) is 0.333. The van der Waals surface area contributed by atoms with Crippen molar-refractivity contribution in [2.45, 2.75) is 24.9 Å². The normalized spacial score (nSPS) is 19.1. The Hall–Kier alpha value is -4.26. The predicted molar refractivity (Wildman–Crippen MR) is 168 cm³/mol. The van der Waals surface area contributed by atoms with Gasteiger partial charge in [-0.3, -0.25) is 4.79 Å². The Bertz CT molecular complexity index is 1750. The van der Waals surface area contributed by atoms with Gasteiger partial charge in [-0.1, -0.05) is 54.6 Å². The van der Waals surface area contributed by atoms with Crippen LogP contribution >= 0.6 is 11.6 Å². The summed E-state index contributed by atoms with van der Waals surface area (Å²) in [6, 6.07) is 18.1. The van der Waals surface area contributed by atoms with Gasteiger partial charge in [0.2, 0.25) is 6.54 Å². The van der Waals surface area contributed by atoms with E-state index in [1.54, 1.807) is 0 Å². The van der Waals surface area contributed by atoms with Crippen LogP contribution in [0.3, 0.4) is 0 Å². The van der Waals surface area contributed by atoms with Crippen LogP contribution in [0.1, 0.15) is 12.8 Å². The van der Waals surface area contributed by atoms with Crippen molar-refractivity contribution in [3.8, 4) is 17.1 Å². The van der Waals surface area contributed by atoms with Crippen LogP contribution in [0, 0.1) is 6.57 Å². The van der Waals surface area contributed by atoms with Gasteiger partial charge >= 0.3 is 6.01 Å². The van der Waals surface area contributed by atoms with Crippen molar-refractivity contribution in [1.29, 1.82) is 0 Å². The van der Waals surface area contributed by atoms with Gasteiger partial charge in [0.05, 0.1) is 5.52 Å². The Labute approximate surface area is 255 Å². The first-order valence-corrected chi connectivity index (χ1v) is 14.8. The van der Waals surface area contributed by atoms with E-state index in [0.717, 1.165) is 46.7 Å². The molecule has 2 saturated heterocycles. The van der Waals surface area contributed by atoms with Crippen molar-refractivity contribution >= 4 is 45.0 Å². The molecule has 2 fully saturated rings. The lowest BCUT2D eigenvalue weighted by atomic mass is 9.97. The zero-order valence-electron chi connectivity index (χ0n) is 24.0. The molecule has 2 aliphatic heterocycles. The molecule has 220 valence electrons. The van der Waals surface area contributed by atoms with Crippen molar-refractivity contribution in [2.75, 3.05) is 51.3 Å². The van der Waals surface area contributed by atoms with Crippen molar-refractivity contribution in [1.82, 2.24) is 19.8 Å². The fourth-order valence-electron chi connectivity index (χ4n) is 6.19. The van der Waals surface area contributed by atoms with E-state index in [0.29, 0.717) is 42.1 Å². The summed E-state index contributed by atoms with van der Waals surface area (Å²) in [5, 5.41) is 3.51. The molecule has 0 N–H and O–H groups in total. The minimum Gasteiger partial charge on any atom is -0.462 e. The van der Waals surface area contributed by atoms with Crippen molar-refractivity contribution in [3.63, 3.8) is 0 Å². The van der Waals surface area contributed by atoms with Crippen LogP contribution < -0.4 is 9.64 Å². The molecule has 43 heavy (non-hydrogen) atoms. The topological polar surface area (TPSA) is 66.2 Å². The Balaban J connectivity index is 1.41. The molecule has 0 saturated carbocycles. The summed E-state index contributed by atoms with van der Waals surface area (Å²) in [4.78, 5) is 31.4. The average Bonchev–Trinajstić information content (AvgIpc) is 3.43. The smallest absolute Gasteiger partial charge is 0.319 e. The van der Waals surface area contributed by atoms with Crippen LogP contribution in [-0.4, -0.2) is 84.1 Å². The molecule has 0 radical (unpaired) electrons. The number of fused-ring (bicyclic) bond motifs is 2. The zero-order chi connectivity index (χ0) is 30.1. The molecule has 6 rings (SSSR count). The minimum absolute atomic E-state index is 0.0435. The summed E-state index contributed by atoms with van der Waals surface area (Å²) in [5.41, 5.74) is 2.66. The van der Waals surface area contributed by atoms with Crippen molar-refractivity contribution < 1.29 is 13.9 Å². The summed E-state index contributed by atoms with van der Waals surface area (Å²) in [7, 11) is 2.10. The Morgan fingerprint density at radius 1 is 1.14 bits per heavy atom. The fourth-order valence-corrected chi connectivity index (χ4v) is 6.48. The third-order valence-electron chi connectivity index (χ3n) is 8.47. The second-order valence-electron chi connectivity index (χ2n) is 11.1. The Morgan fingerprint density at radius 2 is 1.95 bits per heavy atom. The van der Waals surface area contributed by atoms with E-state index in [1.807, 2.05) is 53.4 Å². The van der Waals surface area contributed by atoms with Crippen LogP contribution in [-0.2, 0) is 4.79 Å². The largest absolute Gasteiger partial charge is 0.462 e. The first-order chi connectivity index (χ1) is 20.8. The molecule has 2 aliphatic rings. The van der Waals surface area contributed by atoms with Gasteiger partial charge < -0.3 is 24.3 Å². The molecule has 3 heterocycles. The van der Waals surface area contributed by atoms with Crippen LogP contribution in [0.25, 0.3) is 37.6 Å². The number of nitrogens with zero attached hydrogens (tertiary/aromatic N) is 6. The summed E-state index contributed by atoms with van der Waals surface area (Å²) in [5.74, 6) is -1.14. The summed E-state index contributed by atoms with van der Waals surface area (Å²) in [6.07, 6.45) is 2.18. The predicted octanol–water partition coefficient (Wildman–Crippen LogP) is 6.00. The number of carbonyl (C=O) groups is 1. The molecule has 0 spiro atoms. The SMILES string of the molecule is [C-]#[N+]C[C@H]1CN(c2nc(OC[C@@H]3CCCN3C)nc3cc(-c4cccc5cccc(Cl)c45)ccc23)CCN1C(=O)C(=C)F. The first-order valence-electron chi connectivity index (χ1n) is 14.4. The van der Waals surface area contributed by atoms with Crippen LogP contribution in [0.4, 0.5) is 10.2 Å². The lowest BCUT2D eigenvalue weighted by Crippen LogP contribution is -2.56. The molecule has 8 nitrogen and oxygen atoms in total. The third kappa shape index (κ3) is 5.73. The molecule has 10 heteroatoms. The van der Waals surface area contributed by atoms with Crippen molar-refractivity contribution in [3.05, 3.63) is 83.4 Å².